The Kier molecular flexibility index (Phi) is 2.66. The molecule has 2 aromatic rings. The minimum atomic E-state index is 0.0298. The molecular formula is C15H17N3O. The molecule has 4 nitrogen and oxygen atoms in total. The fourth-order valence-corrected chi connectivity index (χ4v) is 2.70. The van der Waals surface area contributed by atoms with Crippen LogP contribution in [0.25, 0.3) is 0 Å². The summed E-state index contributed by atoms with van der Waals surface area (Å²) in [6, 6.07) is 6.41. The lowest BCUT2D eigenvalue weighted by Crippen LogP contribution is -2.23. The molecule has 1 aromatic heterocycles. The summed E-state index contributed by atoms with van der Waals surface area (Å²) in [5.74, 6) is 0.806. The average molecular weight is 255 g/mol. The topological polar surface area (TPSA) is 57.8 Å². The highest BCUT2D eigenvalue weighted by atomic mass is 16.1. The number of hydrogen-bond acceptors (Lipinski definition) is 2. The lowest BCUT2D eigenvalue weighted by Gasteiger charge is -2.23. The molecule has 0 bridgehead atoms. The number of rotatable bonds is 1. The minimum absolute atomic E-state index is 0.0298. The molecule has 98 valence electrons. The number of aromatic nitrogens is 2. The Morgan fingerprint density at radius 1 is 1.21 bits per heavy atom. The van der Waals surface area contributed by atoms with E-state index in [1.807, 2.05) is 6.92 Å². The number of aryl methyl sites for hydroxylation is 3. The SMILES string of the molecule is Cc1ccc([C@@H]2CC(=O)Nc3n[nH]c(C)c32)cc1C. The zero-order valence-electron chi connectivity index (χ0n) is 11.4. The molecule has 0 fully saturated rings. The molecule has 0 radical (unpaired) electrons. The minimum Gasteiger partial charge on any atom is -0.309 e. The maximum absolute atomic E-state index is 11.8. The van der Waals surface area contributed by atoms with Crippen LogP contribution in [0.1, 0.15) is 40.3 Å². The van der Waals surface area contributed by atoms with E-state index in [2.05, 4.69) is 47.6 Å². The zero-order chi connectivity index (χ0) is 13.6. The van der Waals surface area contributed by atoms with E-state index in [1.165, 1.54) is 16.7 Å². The highest BCUT2D eigenvalue weighted by Gasteiger charge is 2.30. The first-order valence-corrected chi connectivity index (χ1v) is 6.48. The maximum Gasteiger partial charge on any atom is 0.226 e. The van der Waals surface area contributed by atoms with Crippen molar-refractivity contribution in [1.29, 1.82) is 0 Å². The molecule has 4 heteroatoms. The van der Waals surface area contributed by atoms with Crippen LogP contribution >= 0.6 is 0 Å². The van der Waals surface area contributed by atoms with Gasteiger partial charge in [0.2, 0.25) is 5.91 Å². The van der Waals surface area contributed by atoms with Gasteiger partial charge in [-0.1, -0.05) is 18.2 Å². The van der Waals surface area contributed by atoms with Crippen molar-refractivity contribution in [2.75, 3.05) is 5.32 Å². The molecule has 0 saturated heterocycles. The number of fused-ring (bicyclic) bond motifs is 1. The monoisotopic (exact) mass is 255 g/mol. The van der Waals surface area contributed by atoms with Gasteiger partial charge in [0, 0.05) is 23.6 Å². The van der Waals surface area contributed by atoms with Crippen LogP contribution in [0.4, 0.5) is 5.82 Å². The van der Waals surface area contributed by atoms with E-state index in [1.54, 1.807) is 0 Å². The van der Waals surface area contributed by atoms with Crippen molar-refractivity contribution >= 4 is 11.7 Å². The Hall–Kier alpha value is -2.10. The fourth-order valence-electron chi connectivity index (χ4n) is 2.70. The summed E-state index contributed by atoms with van der Waals surface area (Å²) in [6.45, 7) is 6.20. The Balaban J connectivity index is 2.11. The number of H-pyrrole nitrogens is 1. The Morgan fingerprint density at radius 3 is 2.74 bits per heavy atom. The molecule has 1 atom stereocenters. The fraction of sp³-hybridized carbons (Fsp3) is 0.333. The predicted molar refractivity (Wildman–Crippen MR) is 74.3 cm³/mol. The van der Waals surface area contributed by atoms with Crippen LogP contribution < -0.4 is 5.32 Å². The van der Waals surface area contributed by atoms with Crippen LogP contribution in [-0.4, -0.2) is 16.1 Å². The summed E-state index contributed by atoms with van der Waals surface area (Å²) in [7, 11) is 0. The summed E-state index contributed by atoms with van der Waals surface area (Å²) >= 11 is 0. The molecule has 0 unspecified atom stereocenters. The summed E-state index contributed by atoms with van der Waals surface area (Å²) in [4.78, 5) is 11.8. The van der Waals surface area contributed by atoms with Gasteiger partial charge in [0.1, 0.15) is 0 Å². The molecule has 19 heavy (non-hydrogen) atoms. The lowest BCUT2D eigenvalue weighted by atomic mass is 9.85. The van der Waals surface area contributed by atoms with Crippen molar-refractivity contribution in [3.05, 3.63) is 46.1 Å². The van der Waals surface area contributed by atoms with Crippen LogP contribution in [0, 0.1) is 20.8 Å². The van der Waals surface area contributed by atoms with Crippen LogP contribution in [0.3, 0.4) is 0 Å². The third kappa shape index (κ3) is 1.93. The Morgan fingerprint density at radius 2 is 2.00 bits per heavy atom. The van der Waals surface area contributed by atoms with E-state index >= 15 is 0 Å². The van der Waals surface area contributed by atoms with Crippen LogP contribution in [-0.2, 0) is 4.79 Å². The largest absolute Gasteiger partial charge is 0.309 e. The van der Waals surface area contributed by atoms with Gasteiger partial charge in [-0.15, -0.1) is 0 Å². The molecule has 2 heterocycles. The first kappa shape index (κ1) is 12.0. The number of benzene rings is 1. The molecule has 0 aliphatic carbocycles. The quantitative estimate of drug-likeness (QED) is 0.823. The average Bonchev–Trinajstić information content (AvgIpc) is 2.73. The van der Waals surface area contributed by atoms with Crippen molar-refractivity contribution < 1.29 is 4.79 Å². The number of hydrogen-bond donors (Lipinski definition) is 2. The van der Waals surface area contributed by atoms with Gasteiger partial charge >= 0.3 is 0 Å². The Bertz CT molecular complexity index is 657. The first-order valence-electron chi connectivity index (χ1n) is 6.48. The highest BCUT2D eigenvalue weighted by molar-refractivity contribution is 5.94. The van der Waals surface area contributed by atoms with Crippen molar-refractivity contribution in [2.45, 2.75) is 33.1 Å². The van der Waals surface area contributed by atoms with E-state index in [-0.39, 0.29) is 11.8 Å². The molecule has 1 amide bonds. The van der Waals surface area contributed by atoms with E-state index < -0.39 is 0 Å². The number of carbonyl (C=O) groups excluding carboxylic acids is 1. The van der Waals surface area contributed by atoms with Gasteiger partial charge in [-0.2, -0.15) is 5.10 Å². The summed E-state index contributed by atoms with van der Waals surface area (Å²) in [6.07, 6.45) is 0.482. The third-order valence-corrected chi connectivity index (χ3v) is 3.92. The zero-order valence-corrected chi connectivity index (χ0v) is 11.4. The molecule has 1 aliphatic rings. The third-order valence-electron chi connectivity index (χ3n) is 3.92. The van der Waals surface area contributed by atoms with Crippen LogP contribution in [0.5, 0.6) is 0 Å². The molecule has 1 aromatic carbocycles. The molecular weight excluding hydrogens is 238 g/mol. The molecule has 0 spiro atoms. The molecule has 2 N–H and O–H groups in total. The van der Waals surface area contributed by atoms with E-state index in [4.69, 9.17) is 0 Å². The number of nitrogens with one attached hydrogen (secondary N) is 2. The second kappa shape index (κ2) is 4.23. The van der Waals surface area contributed by atoms with Crippen molar-refractivity contribution in [3.63, 3.8) is 0 Å². The van der Waals surface area contributed by atoms with Gasteiger partial charge in [-0.25, -0.2) is 0 Å². The number of nitrogens with zero attached hydrogens (tertiary/aromatic N) is 1. The summed E-state index contributed by atoms with van der Waals surface area (Å²) < 4.78 is 0. The molecule has 0 saturated carbocycles. The van der Waals surface area contributed by atoms with Gasteiger partial charge in [0.05, 0.1) is 0 Å². The van der Waals surface area contributed by atoms with Gasteiger partial charge in [0.15, 0.2) is 5.82 Å². The number of aromatic amines is 1. The van der Waals surface area contributed by atoms with E-state index in [0.717, 1.165) is 11.3 Å². The van der Waals surface area contributed by atoms with Crippen LogP contribution in [0.15, 0.2) is 18.2 Å². The maximum atomic E-state index is 11.8. The van der Waals surface area contributed by atoms with Gasteiger partial charge in [-0.05, 0) is 37.5 Å². The first-order chi connectivity index (χ1) is 9.06. The van der Waals surface area contributed by atoms with Crippen molar-refractivity contribution in [1.82, 2.24) is 10.2 Å². The predicted octanol–water partition coefficient (Wildman–Crippen LogP) is 2.81. The second-order valence-corrected chi connectivity index (χ2v) is 5.26. The van der Waals surface area contributed by atoms with E-state index in [9.17, 15) is 4.79 Å². The molecule has 3 rings (SSSR count). The van der Waals surface area contributed by atoms with Crippen LogP contribution in [0.2, 0.25) is 0 Å². The van der Waals surface area contributed by atoms with Crippen molar-refractivity contribution in [3.8, 4) is 0 Å². The van der Waals surface area contributed by atoms with Gasteiger partial charge in [0.25, 0.3) is 0 Å². The summed E-state index contributed by atoms with van der Waals surface area (Å²) in [5, 5.41) is 9.95. The standard InChI is InChI=1S/C15H17N3O/c1-8-4-5-11(6-9(8)2)12-7-13(19)16-15-14(12)10(3)17-18-15/h4-6,12H,7H2,1-3H3,(H2,16,17,18,19)/t12-/m0/s1. The second-order valence-electron chi connectivity index (χ2n) is 5.26. The van der Waals surface area contributed by atoms with Gasteiger partial charge in [-0.3, -0.25) is 9.89 Å². The highest BCUT2D eigenvalue weighted by Crippen LogP contribution is 2.38. The normalized spacial score (nSPS) is 18.1. The molecule has 1 aliphatic heterocycles. The number of carbonyl (C=O) groups is 1. The van der Waals surface area contributed by atoms with Gasteiger partial charge < -0.3 is 5.32 Å². The smallest absolute Gasteiger partial charge is 0.226 e. The van der Waals surface area contributed by atoms with Crippen molar-refractivity contribution in [2.24, 2.45) is 0 Å². The number of anilines is 1. The number of amides is 1. The Labute approximate surface area is 112 Å². The van der Waals surface area contributed by atoms with E-state index in [0.29, 0.717) is 12.2 Å². The lowest BCUT2D eigenvalue weighted by molar-refractivity contribution is -0.116. The summed E-state index contributed by atoms with van der Waals surface area (Å²) in [5.41, 5.74) is 5.85.